The van der Waals surface area contributed by atoms with Crippen molar-refractivity contribution in [3.63, 3.8) is 0 Å². The lowest BCUT2D eigenvalue weighted by atomic mass is 9.99. The van der Waals surface area contributed by atoms with Gasteiger partial charge in [0.1, 0.15) is 24.4 Å². The van der Waals surface area contributed by atoms with Gasteiger partial charge < -0.3 is 45.1 Å². The minimum atomic E-state index is -1.58. The smallest absolute Gasteiger partial charge is 0.305 e. The van der Waals surface area contributed by atoms with Crippen molar-refractivity contribution in [2.75, 3.05) is 19.8 Å². The van der Waals surface area contributed by atoms with Gasteiger partial charge in [-0.15, -0.1) is 0 Å². The van der Waals surface area contributed by atoms with Gasteiger partial charge in [-0.05, 0) is 51.4 Å². The number of allylic oxidation sites excluding steroid dienone is 5. The van der Waals surface area contributed by atoms with E-state index >= 15 is 0 Å². The number of carbonyl (C=O) groups excluding carboxylic acids is 2. The summed E-state index contributed by atoms with van der Waals surface area (Å²) in [7, 11) is 0. The second kappa shape index (κ2) is 72.1. The molecular formula is C83H157NO10. The number of hydrogen-bond donors (Lipinski definition) is 6. The number of rotatable bonds is 74. The molecule has 11 nitrogen and oxygen atoms in total. The van der Waals surface area contributed by atoms with E-state index in [4.69, 9.17) is 14.2 Å². The molecule has 554 valence electrons. The summed E-state index contributed by atoms with van der Waals surface area (Å²) in [5.41, 5.74) is 0. The van der Waals surface area contributed by atoms with Crippen molar-refractivity contribution < 1.29 is 49.3 Å². The third-order valence-electron chi connectivity index (χ3n) is 19.7. The molecule has 1 amide bonds. The summed E-state index contributed by atoms with van der Waals surface area (Å²) in [6.45, 7) is 4.31. The van der Waals surface area contributed by atoms with Gasteiger partial charge in [0, 0.05) is 12.8 Å². The molecule has 6 N–H and O–H groups in total. The maximum Gasteiger partial charge on any atom is 0.305 e. The van der Waals surface area contributed by atoms with Gasteiger partial charge in [-0.2, -0.15) is 0 Å². The van der Waals surface area contributed by atoms with E-state index in [0.717, 1.165) is 70.6 Å². The Bertz CT molecular complexity index is 1660. The fourth-order valence-electron chi connectivity index (χ4n) is 13.3. The minimum Gasteiger partial charge on any atom is -0.466 e. The molecule has 0 aliphatic carbocycles. The number of esters is 1. The number of hydrogen-bond acceptors (Lipinski definition) is 10. The number of carbonyl (C=O) groups is 2. The standard InChI is InChI=1S/C83H157NO10/c1-3-5-7-9-11-13-15-16-17-44-47-51-55-59-63-67-71-79(88)92-72-68-64-60-56-52-48-45-42-40-38-36-34-32-30-28-26-24-22-20-18-19-21-23-25-27-29-31-33-35-37-39-41-43-46-50-54-58-62-66-70-78(87)84-75(74-93-83-82(91)81(90)80(89)77(73-85)94-83)76(86)69-65-61-57-53-49-14-12-10-8-6-4-2/h8,10,49,53,65,69,75-77,80-83,85-86,89-91H,3-7,9,11-48,50-52,54-64,66-68,70-74H2,1-2H3,(H,84,87)/b10-8+,53-49+,69-65+. The van der Waals surface area contributed by atoms with E-state index in [0.29, 0.717) is 19.4 Å². The first kappa shape index (κ1) is 89.9. The van der Waals surface area contributed by atoms with Crippen LogP contribution in [0.15, 0.2) is 36.5 Å². The quantitative estimate of drug-likeness (QED) is 0.0195. The molecule has 0 aromatic rings. The molecule has 7 unspecified atom stereocenters. The second-order valence-electron chi connectivity index (χ2n) is 28.8. The predicted molar refractivity (Wildman–Crippen MR) is 398 cm³/mol. The number of aliphatic hydroxyl groups excluding tert-OH is 5. The molecule has 11 heteroatoms. The Morgan fingerprint density at radius 2 is 0.691 bits per heavy atom. The molecule has 0 saturated carbocycles. The van der Waals surface area contributed by atoms with Crippen molar-refractivity contribution in [2.45, 2.75) is 461 Å². The topological polar surface area (TPSA) is 175 Å². The predicted octanol–water partition coefficient (Wildman–Crippen LogP) is 22.5. The van der Waals surface area contributed by atoms with Crippen molar-refractivity contribution in [2.24, 2.45) is 0 Å². The second-order valence-corrected chi connectivity index (χ2v) is 28.8. The fraction of sp³-hybridized carbons (Fsp3) is 0.904. The van der Waals surface area contributed by atoms with Gasteiger partial charge in [0.15, 0.2) is 6.29 Å². The highest BCUT2D eigenvalue weighted by Gasteiger charge is 2.44. The van der Waals surface area contributed by atoms with Crippen LogP contribution in [0.2, 0.25) is 0 Å². The lowest BCUT2D eigenvalue weighted by molar-refractivity contribution is -0.302. The van der Waals surface area contributed by atoms with E-state index in [1.165, 1.54) is 321 Å². The van der Waals surface area contributed by atoms with Crippen molar-refractivity contribution >= 4 is 11.9 Å². The number of ether oxygens (including phenoxy) is 3. The Labute approximate surface area is 581 Å². The van der Waals surface area contributed by atoms with Crippen LogP contribution in [-0.2, 0) is 23.8 Å². The lowest BCUT2D eigenvalue weighted by Gasteiger charge is -2.40. The molecule has 0 aromatic carbocycles. The van der Waals surface area contributed by atoms with Gasteiger partial charge in [0.05, 0.1) is 32.0 Å². The van der Waals surface area contributed by atoms with Crippen LogP contribution >= 0.6 is 0 Å². The number of amides is 1. The van der Waals surface area contributed by atoms with Gasteiger partial charge in [-0.1, -0.05) is 391 Å². The van der Waals surface area contributed by atoms with E-state index < -0.39 is 49.5 Å². The Morgan fingerprint density at radius 1 is 0.383 bits per heavy atom. The largest absolute Gasteiger partial charge is 0.466 e. The first-order chi connectivity index (χ1) is 46.2. The highest BCUT2D eigenvalue weighted by molar-refractivity contribution is 5.76. The first-order valence-corrected chi connectivity index (χ1v) is 41.3. The van der Waals surface area contributed by atoms with E-state index in [-0.39, 0.29) is 18.5 Å². The Hall–Kier alpha value is -2.12. The van der Waals surface area contributed by atoms with Crippen LogP contribution < -0.4 is 5.32 Å². The zero-order valence-corrected chi connectivity index (χ0v) is 62.0. The third-order valence-corrected chi connectivity index (χ3v) is 19.7. The lowest BCUT2D eigenvalue weighted by Crippen LogP contribution is -2.60. The van der Waals surface area contributed by atoms with Gasteiger partial charge in [-0.25, -0.2) is 0 Å². The summed E-state index contributed by atoms with van der Waals surface area (Å²) >= 11 is 0. The monoisotopic (exact) mass is 1330 g/mol. The van der Waals surface area contributed by atoms with Gasteiger partial charge >= 0.3 is 5.97 Å². The number of unbranched alkanes of at least 4 members (excludes halogenated alkanes) is 56. The zero-order chi connectivity index (χ0) is 67.9. The molecular weight excluding hydrogens is 1170 g/mol. The Morgan fingerprint density at radius 3 is 1.03 bits per heavy atom. The normalized spacial score (nSPS) is 17.5. The average molecular weight is 1330 g/mol. The minimum absolute atomic E-state index is 0.0224. The molecule has 1 aliphatic heterocycles. The van der Waals surface area contributed by atoms with E-state index in [2.05, 4.69) is 43.5 Å². The molecule has 1 heterocycles. The summed E-state index contributed by atoms with van der Waals surface area (Å²) in [6, 6.07) is -0.829. The molecule has 1 aliphatic rings. The Kier molecular flexibility index (Phi) is 69.0. The van der Waals surface area contributed by atoms with Gasteiger partial charge in [-0.3, -0.25) is 9.59 Å². The summed E-state index contributed by atoms with van der Waals surface area (Å²) in [5, 5.41) is 54.4. The summed E-state index contributed by atoms with van der Waals surface area (Å²) in [4.78, 5) is 25.2. The van der Waals surface area contributed by atoms with Crippen LogP contribution in [0, 0.1) is 0 Å². The van der Waals surface area contributed by atoms with E-state index in [1.807, 2.05) is 6.08 Å². The van der Waals surface area contributed by atoms with Crippen LogP contribution in [-0.4, -0.2) is 100 Å². The van der Waals surface area contributed by atoms with Crippen molar-refractivity contribution in [1.82, 2.24) is 5.32 Å². The van der Waals surface area contributed by atoms with Crippen LogP contribution in [0.1, 0.15) is 418 Å². The van der Waals surface area contributed by atoms with E-state index in [9.17, 15) is 35.1 Å². The highest BCUT2D eigenvalue weighted by atomic mass is 16.7. The van der Waals surface area contributed by atoms with Crippen LogP contribution in [0.4, 0.5) is 0 Å². The third kappa shape index (κ3) is 59.9. The van der Waals surface area contributed by atoms with Crippen molar-refractivity contribution in [1.29, 1.82) is 0 Å². The maximum absolute atomic E-state index is 13.1. The maximum atomic E-state index is 13.1. The molecule has 1 saturated heterocycles. The first-order valence-electron chi connectivity index (χ1n) is 41.3. The average Bonchev–Trinajstić information content (AvgIpc) is 1.04. The number of aliphatic hydroxyl groups is 5. The zero-order valence-electron chi connectivity index (χ0n) is 62.0. The molecule has 0 aromatic heterocycles. The molecule has 1 fully saturated rings. The number of nitrogens with one attached hydrogen (secondary N) is 1. The van der Waals surface area contributed by atoms with Gasteiger partial charge in [0.2, 0.25) is 5.91 Å². The van der Waals surface area contributed by atoms with Crippen molar-refractivity contribution in [3.05, 3.63) is 36.5 Å². The highest BCUT2D eigenvalue weighted by Crippen LogP contribution is 2.24. The molecule has 94 heavy (non-hydrogen) atoms. The van der Waals surface area contributed by atoms with Gasteiger partial charge in [0.25, 0.3) is 0 Å². The SMILES string of the molecule is CCC/C=C/CC/C=C/CC/C=C/C(O)C(COC1OC(CO)C(O)C(O)C1O)NC(=O)CCCCCCCCCCCCCCCCCCCCCCCCCCCCCCCCCCCCCCCCCOC(=O)CCCCCCCCCCCCCCCCCC. The molecule has 0 spiro atoms. The summed E-state index contributed by atoms with van der Waals surface area (Å²) < 4.78 is 16.8. The van der Waals surface area contributed by atoms with Crippen molar-refractivity contribution in [3.8, 4) is 0 Å². The van der Waals surface area contributed by atoms with Crippen LogP contribution in [0.25, 0.3) is 0 Å². The summed E-state index contributed by atoms with van der Waals surface area (Å²) in [5.74, 6) is -0.168. The molecule has 0 bridgehead atoms. The summed E-state index contributed by atoms with van der Waals surface area (Å²) in [6.07, 6.45) is 85.0. The molecule has 0 radical (unpaired) electrons. The Balaban J connectivity index is 1.84. The van der Waals surface area contributed by atoms with Crippen LogP contribution in [0.5, 0.6) is 0 Å². The fourth-order valence-corrected chi connectivity index (χ4v) is 13.3. The van der Waals surface area contributed by atoms with E-state index in [1.54, 1.807) is 6.08 Å². The molecule has 1 rings (SSSR count). The molecule has 7 atom stereocenters. The van der Waals surface area contributed by atoms with Crippen LogP contribution in [0.3, 0.4) is 0 Å².